The Bertz CT molecular complexity index is 1110. The number of likely N-dealkylation sites (tertiary alicyclic amines) is 1. The highest BCUT2D eigenvalue weighted by atomic mass is 16.5. The van der Waals surface area contributed by atoms with Crippen LogP contribution in [0.15, 0.2) is 54.6 Å². The van der Waals surface area contributed by atoms with Crippen molar-refractivity contribution in [2.75, 3.05) is 20.2 Å². The molecule has 0 radical (unpaired) electrons. The van der Waals surface area contributed by atoms with Crippen LogP contribution in [-0.4, -0.2) is 45.3 Å². The molecule has 1 saturated heterocycles. The zero-order chi connectivity index (χ0) is 20.3. The first-order chi connectivity index (χ1) is 14.8. The molecule has 3 heterocycles. The van der Waals surface area contributed by atoms with Gasteiger partial charge < -0.3 is 14.7 Å². The smallest absolute Gasteiger partial charge is 0.177 e. The van der Waals surface area contributed by atoms with Crippen LogP contribution in [0.1, 0.15) is 24.2 Å². The summed E-state index contributed by atoms with van der Waals surface area (Å²) in [4.78, 5) is 9.27. The lowest BCUT2D eigenvalue weighted by Crippen LogP contribution is -2.34. The molecule has 0 bridgehead atoms. The van der Waals surface area contributed by atoms with E-state index in [-0.39, 0.29) is 0 Å². The Morgan fingerprint density at radius 2 is 1.83 bits per heavy atom. The van der Waals surface area contributed by atoms with Gasteiger partial charge in [-0.05, 0) is 56.0 Å². The second-order valence-corrected chi connectivity index (χ2v) is 8.14. The SMILES string of the molecule is COc1cccc2cc(-c3nnc(CN4CCC(Cc5ccccc5)CC4)[nH]3)[nH]c12. The molecule has 154 valence electrons. The van der Waals surface area contributed by atoms with Gasteiger partial charge in [-0.25, -0.2) is 0 Å². The minimum atomic E-state index is 0.766. The number of aromatic amines is 2. The van der Waals surface area contributed by atoms with Crippen molar-refractivity contribution in [2.45, 2.75) is 25.8 Å². The molecule has 2 aromatic heterocycles. The number of fused-ring (bicyclic) bond motifs is 1. The first kappa shape index (κ1) is 18.9. The van der Waals surface area contributed by atoms with Gasteiger partial charge in [0, 0.05) is 5.39 Å². The van der Waals surface area contributed by atoms with Gasteiger partial charge in [-0.1, -0.05) is 42.5 Å². The molecule has 6 heteroatoms. The molecule has 0 spiro atoms. The van der Waals surface area contributed by atoms with Crippen molar-refractivity contribution in [1.82, 2.24) is 25.1 Å². The summed E-state index contributed by atoms with van der Waals surface area (Å²) in [5, 5.41) is 9.86. The number of hydrogen-bond acceptors (Lipinski definition) is 4. The van der Waals surface area contributed by atoms with E-state index in [1.165, 1.54) is 24.8 Å². The summed E-state index contributed by atoms with van der Waals surface area (Å²) in [6.45, 7) is 3.03. The highest BCUT2D eigenvalue weighted by molar-refractivity contribution is 5.89. The molecule has 2 aromatic carbocycles. The second-order valence-electron chi connectivity index (χ2n) is 8.14. The maximum absolute atomic E-state index is 5.44. The molecular weight excluding hydrogens is 374 g/mol. The lowest BCUT2D eigenvalue weighted by Gasteiger charge is -2.31. The van der Waals surface area contributed by atoms with Crippen LogP contribution in [0.5, 0.6) is 5.75 Å². The Balaban J connectivity index is 1.21. The van der Waals surface area contributed by atoms with Gasteiger partial charge in [0.05, 0.1) is 24.9 Å². The Morgan fingerprint density at radius 3 is 2.63 bits per heavy atom. The quantitative estimate of drug-likeness (QED) is 0.502. The van der Waals surface area contributed by atoms with Crippen LogP contribution in [-0.2, 0) is 13.0 Å². The van der Waals surface area contributed by atoms with Crippen LogP contribution in [0.4, 0.5) is 0 Å². The van der Waals surface area contributed by atoms with E-state index in [1.807, 2.05) is 12.1 Å². The Kier molecular flexibility index (Phi) is 5.24. The molecule has 2 N–H and O–H groups in total. The van der Waals surface area contributed by atoms with E-state index in [2.05, 4.69) is 67.5 Å². The molecule has 0 unspecified atom stereocenters. The number of H-pyrrole nitrogens is 2. The minimum Gasteiger partial charge on any atom is -0.495 e. The van der Waals surface area contributed by atoms with E-state index in [4.69, 9.17) is 4.74 Å². The fourth-order valence-corrected chi connectivity index (χ4v) is 4.42. The predicted molar refractivity (Wildman–Crippen MR) is 118 cm³/mol. The van der Waals surface area contributed by atoms with Gasteiger partial charge in [-0.15, -0.1) is 10.2 Å². The first-order valence-corrected chi connectivity index (χ1v) is 10.6. The summed E-state index contributed by atoms with van der Waals surface area (Å²) in [6.07, 6.45) is 3.65. The molecule has 5 rings (SSSR count). The molecule has 6 nitrogen and oxygen atoms in total. The standard InChI is InChI=1S/C24H27N5O/c1-30-21-9-5-8-19-15-20(25-23(19)21)24-26-22(27-28-24)16-29-12-10-18(11-13-29)14-17-6-3-2-4-7-17/h2-9,15,18,25H,10-14,16H2,1H3,(H,26,27,28). The highest BCUT2D eigenvalue weighted by Gasteiger charge is 2.21. The largest absolute Gasteiger partial charge is 0.495 e. The van der Waals surface area contributed by atoms with Crippen LogP contribution in [0, 0.1) is 5.92 Å². The molecule has 0 atom stereocenters. The average Bonchev–Trinajstić information content (AvgIpc) is 3.42. The molecule has 30 heavy (non-hydrogen) atoms. The summed E-state index contributed by atoms with van der Waals surface area (Å²) in [6, 6.07) is 18.9. The van der Waals surface area contributed by atoms with E-state index >= 15 is 0 Å². The maximum atomic E-state index is 5.44. The van der Waals surface area contributed by atoms with E-state index in [9.17, 15) is 0 Å². The van der Waals surface area contributed by atoms with Gasteiger partial charge in [0.25, 0.3) is 0 Å². The number of nitrogens with zero attached hydrogens (tertiary/aromatic N) is 3. The number of piperidine rings is 1. The van der Waals surface area contributed by atoms with E-state index in [0.29, 0.717) is 0 Å². The number of nitrogens with one attached hydrogen (secondary N) is 2. The minimum absolute atomic E-state index is 0.766. The summed E-state index contributed by atoms with van der Waals surface area (Å²) in [7, 11) is 1.69. The van der Waals surface area contributed by atoms with Crippen LogP contribution >= 0.6 is 0 Å². The fraction of sp³-hybridized carbons (Fsp3) is 0.333. The average molecular weight is 402 g/mol. The van der Waals surface area contributed by atoms with E-state index < -0.39 is 0 Å². The zero-order valence-electron chi connectivity index (χ0n) is 17.3. The predicted octanol–water partition coefficient (Wildman–Crippen LogP) is 4.42. The molecule has 0 amide bonds. The molecule has 1 aliphatic rings. The number of methoxy groups -OCH3 is 1. The monoisotopic (exact) mass is 401 g/mol. The number of para-hydroxylation sites is 1. The van der Waals surface area contributed by atoms with Gasteiger partial charge in [0.15, 0.2) is 5.82 Å². The number of hydrogen-bond donors (Lipinski definition) is 2. The third-order valence-electron chi connectivity index (χ3n) is 6.07. The van der Waals surface area contributed by atoms with Crippen molar-refractivity contribution in [3.63, 3.8) is 0 Å². The highest BCUT2D eigenvalue weighted by Crippen LogP contribution is 2.29. The van der Waals surface area contributed by atoms with E-state index in [0.717, 1.165) is 59.5 Å². The zero-order valence-corrected chi connectivity index (χ0v) is 17.3. The van der Waals surface area contributed by atoms with Crippen molar-refractivity contribution < 1.29 is 4.74 Å². The van der Waals surface area contributed by atoms with Crippen LogP contribution in [0.25, 0.3) is 22.4 Å². The summed E-state index contributed by atoms with van der Waals surface area (Å²) in [5.74, 6) is 3.28. The maximum Gasteiger partial charge on any atom is 0.177 e. The van der Waals surface area contributed by atoms with Crippen molar-refractivity contribution >= 4 is 10.9 Å². The molecule has 4 aromatic rings. The summed E-state index contributed by atoms with van der Waals surface area (Å²) in [5.41, 5.74) is 3.36. The van der Waals surface area contributed by atoms with Crippen molar-refractivity contribution in [3.05, 3.63) is 66.0 Å². The van der Waals surface area contributed by atoms with Crippen molar-refractivity contribution in [2.24, 2.45) is 5.92 Å². The van der Waals surface area contributed by atoms with Crippen molar-refractivity contribution in [1.29, 1.82) is 0 Å². The van der Waals surface area contributed by atoms with Gasteiger partial charge in [-0.2, -0.15) is 0 Å². The molecule has 1 fully saturated rings. The Hall–Kier alpha value is -3.12. The van der Waals surface area contributed by atoms with E-state index in [1.54, 1.807) is 7.11 Å². The van der Waals surface area contributed by atoms with Crippen LogP contribution in [0.3, 0.4) is 0 Å². The van der Waals surface area contributed by atoms with Gasteiger partial charge in [0.2, 0.25) is 0 Å². The third-order valence-corrected chi connectivity index (χ3v) is 6.07. The molecule has 0 saturated carbocycles. The number of benzene rings is 2. The number of aromatic nitrogens is 4. The number of rotatable bonds is 6. The summed E-state index contributed by atoms with van der Waals surface area (Å²) >= 11 is 0. The van der Waals surface area contributed by atoms with Crippen LogP contribution in [0.2, 0.25) is 0 Å². The lowest BCUT2D eigenvalue weighted by atomic mass is 9.90. The topological polar surface area (TPSA) is 69.8 Å². The summed E-state index contributed by atoms with van der Waals surface area (Å²) < 4.78 is 5.44. The lowest BCUT2D eigenvalue weighted by molar-refractivity contribution is 0.173. The normalized spacial score (nSPS) is 15.6. The van der Waals surface area contributed by atoms with Crippen LogP contribution < -0.4 is 4.74 Å². The van der Waals surface area contributed by atoms with Crippen molar-refractivity contribution in [3.8, 4) is 17.3 Å². The Labute approximate surface area is 176 Å². The number of ether oxygens (including phenoxy) is 1. The van der Waals surface area contributed by atoms with Gasteiger partial charge in [-0.3, -0.25) is 4.90 Å². The molecular formula is C24H27N5O. The molecule has 0 aliphatic carbocycles. The molecule has 1 aliphatic heterocycles. The van der Waals surface area contributed by atoms with Gasteiger partial charge >= 0.3 is 0 Å². The Morgan fingerprint density at radius 1 is 1.00 bits per heavy atom. The second kappa shape index (κ2) is 8.32. The fourth-order valence-electron chi connectivity index (χ4n) is 4.42. The van der Waals surface area contributed by atoms with Gasteiger partial charge in [0.1, 0.15) is 11.6 Å². The first-order valence-electron chi connectivity index (χ1n) is 10.6. The third kappa shape index (κ3) is 3.96.